The van der Waals surface area contributed by atoms with Crippen LogP contribution >= 0.6 is 23.4 Å². The van der Waals surface area contributed by atoms with Gasteiger partial charge in [-0.3, -0.25) is 9.59 Å². The Bertz CT molecular complexity index is 1450. The fourth-order valence-corrected chi connectivity index (χ4v) is 6.16. The number of aromatic nitrogens is 3. The van der Waals surface area contributed by atoms with E-state index in [9.17, 15) is 9.59 Å². The first kappa shape index (κ1) is 28.0. The maximum Gasteiger partial charge on any atom is 0.260 e. The molecule has 40 heavy (non-hydrogen) atoms. The zero-order valence-corrected chi connectivity index (χ0v) is 24.3. The highest BCUT2D eigenvalue weighted by molar-refractivity contribution is 7.98. The zero-order valence-electron chi connectivity index (χ0n) is 22.8. The molecule has 210 valence electrons. The number of thioether (sulfide) groups is 1. The molecule has 1 aliphatic heterocycles. The number of methoxy groups -OCH3 is 1. The summed E-state index contributed by atoms with van der Waals surface area (Å²) < 4.78 is 13.3. The van der Waals surface area contributed by atoms with E-state index >= 15 is 0 Å². The minimum absolute atomic E-state index is 0.0856. The number of benzene rings is 2. The number of likely N-dealkylation sites (N-methyl/N-ethyl adjacent to an activating group) is 1. The van der Waals surface area contributed by atoms with Gasteiger partial charge in [0.1, 0.15) is 6.04 Å². The third-order valence-electron chi connectivity index (χ3n) is 7.13. The van der Waals surface area contributed by atoms with Crippen LogP contribution in [0.3, 0.4) is 0 Å². The van der Waals surface area contributed by atoms with Gasteiger partial charge in [0, 0.05) is 41.6 Å². The molecule has 1 atom stereocenters. The fourth-order valence-electron chi connectivity index (χ4n) is 5.04. The predicted molar refractivity (Wildman–Crippen MR) is 155 cm³/mol. The lowest BCUT2D eigenvalue weighted by atomic mass is 9.85. The number of carbonyl (C=O) groups is 2. The van der Waals surface area contributed by atoms with Crippen molar-refractivity contribution in [3.8, 4) is 11.5 Å². The largest absolute Gasteiger partial charge is 0.493 e. The van der Waals surface area contributed by atoms with E-state index in [2.05, 4.69) is 5.32 Å². The number of rotatable bonds is 10. The van der Waals surface area contributed by atoms with Crippen LogP contribution in [-0.4, -0.2) is 58.2 Å². The van der Waals surface area contributed by atoms with Gasteiger partial charge in [0.2, 0.25) is 11.1 Å². The van der Waals surface area contributed by atoms with Gasteiger partial charge in [-0.1, -0.05) is 47.6 Å². The minimum atomic E-state index is -0.471. The van der Waals surface area contributed by atoms with Gasteiger partial charge in [0.25, 0.3) is 5.91 Å². The molecule has 5 rings (SSSR count). The van der Waals surface area contributed by atoms with E-state index in [4.69, 9.17) is 31.2 Å². The number of ether oxygens (including phenoxy) is 2. The van der Waals surface area contributed by atoms with Crippen LogP contribution in [-0.2, 0) is 15.3 Å². The molecule has 1 unspecified atom stereocenters. The number of nitrogens with one attached hydrogen (secondary N) is 1. The Labute approximate surface area is 242 Å². The first-order valence-corrected chi connectivity index (χ1v) is 14.7. The van der Waals surface area contributed by atoms with Crippen LogP contribution < -0.4 is 14.8 Å². The second-order valence-electron chi connectivity index (χ2n) is 9.50. The molecule has 3 aromatic rings. The number of hydrogen-bond donors (Lipinski definition) is 1. The highest BCUT2D eigenvalue weighted by Crippen LogP contribution is 2.42. The van der Waals surface area contributed by atoms with Crippen LogP contribution in [0.4, 0.5) is 5.95 Å². The van der Waals surface area contributed by atoms with E-state index in [0.29, 0.717) is 58.5 Å². The molecule has 0 fully saturated rings. The van der Waals surface area contributed by atoms with Crippen molar-refractivity contribution in [3.05, 3.63) is 69.9 Å². The van der Waals surface area contributed by atoms with Gasteiger partial charge in [-0.2, -0.15) is 4.98 Å². The van der Waals surface area contributed by atoms with Gasteiger partial charge >= 0.3 is 0 Å². The molecule has 9 nitrogen and oxygen atoms in total. The Balaban J connectivity index is 1.45. The summed E-state index contributed by atoms with van der Waals surface area (Å²) in [6.45, 7) is 5.02. The summed E-state index contributed by atoms with van der Waals surface area (Å²) in [5.41, 5.74) is 3.39. The van der Waals surface area contributed by atoms with Gasteiger partial charge in [0.05, 0.1) is 7.11 Å². The monoisotopic (exact) mass is 581 g/mol. The summed E-state index contributed by atoms with van der Waals surface area (Å²) in [6.07, 6.45) is 2.04. The van der Waals surface area contributed by atoms with Gasteiger partial charge in [-0.15, -0.1) is 5.10 Å². The van der Waals surface area contributed by atoms with Crippen LogP contribution in [0.5, 0.6) is 11.5 Å². The quantitative estimate of drug-likeness (QED) is 0.313. The highest BCUT2D eigenvalue weighted by Gasteiger charge is 2.37. The third-order valence-corrected chi connectivity index (χ3v) is 8.39. The molecule has 11 heteroatoms. The summed E-state index contributed by atoms with van der Waals surface area (Å²) in [7, 11) is 1.56. The molecule has 0 saturated carbocycles. The maximum atomic E-state index is 13.2. The number of Topliss-reactive ketones (excluding diaryl/α,β-unsaturated/α-hetero) is 1. The highest BCUT2D eigenvalue weighted by atomic mass is 35.5. The fraction of sp³-hybridized carbons (Fsp3) is 0.379. The van der Waals surface area contributed by atoms with Crippen molar-refractivity contribution in [2.45, 2.75) is 50.1 Å². The van der Waals surface area contributed by atoms with Gasteiger partial charge in [-0.25, -0.2) is 4.68 Å². The lowest BCUT2D eigenvalue weighted by Gasteiger charge is -2.32. The molecule has 0 saturated heterocycles. The Morgan fingerprint density at radius 2 is 1.98 bits per heavy atom. The SMILES string of the molecule is CCN(CC)C(=O)COc1ccc(C2C3=C(CCCC3=O)Nc3nc(SCc4ccccc4Cl)nn32)cc1OC. The first-order chi connectivity index (χ1) is 19.4. The second-order valence-corrected chi connectivity index (χ2v) is 10.9. The number of allylic oxidation sites excluding steroid dienone is 2. The van der Waals surface area contributed by atoms with E-state index < -0.39 is 6.04 Å². The van der Waals surface area contributed by atoms with Crippen molar-refractivity contribution in [1.82, 2.24) is 19.7 Å². The number of ketones is 1. The topological polar surface area (TPSA) is 98.6 Å². The average molecular weight is 582 g/mol. The zero-order chi connectivity index (χ0) is 28.2. The van der Waals surface area contributed by atoms with E-state index in [0.717, 1.165) is 29.7 Å². The number of amides is 1. The number of hydrogen-bond acceptors (Lipinski definition) is 8. The predicted octanol–water partition coefficient (Wildman–Crippen LogP) is 5.50. The Hall–Kier alpha value is -3.50. The lowest BCUT2D eigenvalue weighted by Crippen LogP contribution is -2.34. The molecule has 2 aromatic carbocycles. The van der Waals surface area contributed by atoms with Crippen LogP contribution in [0.25, 0.3) is 0 Å². The smallest absolute Gasteiger partial charge is 0.260 e. The van der Waals surface area contributed by atoms with Crippen molar-refractivity contribution >= 4 is 41.0 Å². The summed E-state index contributed by atoms with van der Waals surface area (Å²) >= 11 is 7.83. The summed E-state index contributed by atoms with van der Waals surface area (Å²) in [5, 5.41) is 9.46. The molecule has 1 amide bonds. The van der Waals surface area contributed by atoms with Crippen molar-refractivity contribution < 1.29 is 19.1 Å². The minimum Gasteiger partial charge on any atom is -0.493 e. The number of nitrogens with zero attached hydrogens (tertiary/aromatic N) is 4. The normalized spacial score (nSPS) is 16.2. The average Bonchev–Trinajstić information content (AvgIpc) is 3.37. The van der Waals surface area contributed by atoms with Crippen LogP contribution in [0, 0.1) is 0 Å². The van der Waals surface area contributed by atoms with Crippen molar-refractivity contribution in [2.24, 2.45) is 0 Å². The number of halogens is 1. The molecular formula is C29H32ClN5O4S. The van der Waals surface area contributed by atoms with Crippen LogP contribution in [0.15, 0.2) is 58.9 Å². The summed E-state index contributed by atoms with van der Waals surface area (Å²) in [4.78, 5) is 32.1. The van der Waals surface area contributed by atoms with E-state index in [1.54, 1.807) is 22.8 Å². The van der Waals surface area contributed by atoms with Crippen molar-refractivity contribution in [2.75, 3.05) is 32.1 Å². The van der Waals surface area contributed by atoms with E-state index in [1.807, 2.05) is 50.2 Å². The molecule has 1 N–H and O–H groups in total. The number of fused-ring (bicyclic) bond motifs is 1. The molecule has 2 heterocycles. The molecule has 1 aliphatic carbocycles. The molecular weight excluding hydrogens is 550 g/mol. The van der Waals surface area contributed by atoms with Crippen molar-refractivity contribution in [3.63, 3.8) is 0 Å². The van der Waals surface area contributed by atoms with Crippen molar-refractivity contribution in [1.29, 1.82) is 0 Å². The lowest BCUT2D eigenvalue weighted by molar-refractivity contribution is -0.133. The van der Waals surface area contributed by atoms with Crippen LogP contribution in [0.2, 0.25) is 5.02 Å². The number of anilines is 1. The second kappa shape index (κ2) is 12.3. The molecule has 0 radical (unpaired) electrons. The Morgan fingerprint density at radius 3 is 2.73 bits per heavy atom. The summed E-state index contributed by atoms with van der Waals surface area (Å²) in [5.74, 6) is 2.14. The molecule has 0 spiro atoms. The molecule has 1 aromatic heterocycles. The Morgan fingerprint density at radius 1 is 1.18 bits per heavy atom. The molecule has 2 aliphatic rings. The van der Waals surface area contributed by atoms with Gasteiger partial charge in [0.15, 0.2) is 23.9 Å². The first-order valence-electron chi connectivity index (χ1n) is 13.4. The third kappa shape index (κ3) is 5.69. The van der Waals surface area contributed by atoms with E-state index in [1.165, 1.54) is 11.8 Å². The Kier molecular flexibility index (Phi) is 8.66. The van der Waals surface area contributed by atoms with Crippen LogP contribution in [0.1, 0.15) is 50.3 Å². The van der Waals surface area contributed by atoms with E-state index in [-0.39, 0.29) is 18.3 Å². The molecule has 0 bridgehead atoms. The van der Waals surface area contributed by atoms with Gasteiger partial charge < -0.3 is 19.7 Å². The standard InChI is InChI=1S/C29H32ClN5O4S/c1-4-34(5-2)25(37)16-39-23-14-13-18(15-24(23)38-3)27-26-21(11-8-12-22(26)36)31-28-32-29(33-35(27)28)40-17-19-9-6-7-10-20(19)30/h6-7,9-10,13-15,27H,4-5,8,11-12,16-17H2,1-3H3,(H,31,32,33). The summed E-state index contributed by atoms with van der Waals surface area (Å²) in [6, 6.07) is 12.8. The van der Waals surface area contributed by atoms with Gasteiger partial charge in [-0.05, 0) is 56.0 Å². The number of carbonyl (C=O) groups excluding carboxylic acids is 2. The maximum absolute atomic E-state index is 13.2.